The van der Waals surface area contributed by atoms with E-state index in [0.29, 0.717) is 5.36 Å². The molecule has 2 aliphatic rings. The van der Waals surface area contributed by atoms with Gasteiger partial charge in [-0.2, -0.15) is 0 Å². The summed E-state index contributed by atoms with van der Waals surface area (Å²) in [6.07, 6.45) is 0. The van der Waals surface area contributed by atoms with E-state index in [4.69, 9.17) is 9.83 Å². The second-order valence-electron chi connectivity index (χ2n) is 7.32. The molecule has 3 aromatic carbocycles. The maximum Gasteiger partial charge on any atom is 0.137 e. The van der Waals surface area contributed by atoms with Gasteiger partial charge in [-0.25, -0.2) is 0 Å². The van der Waals surface area contributed by atoms with Gasteiger partial charge in [0.2, 0.25) is 0 Å². The van der Waals surface area contributed by atoms with Crippen molar-refractivity contribution >= 4 is 27.4 Å². The van der Waals surface area contributed by atoms with E-state index in [1.54, 1.807) is 6.07 Å². The highest BCUT2D eigenvalue weighted by molar-refractivity contribution is 6.04. The Morgan fingerprint density at radius 3 is 2.43 bits per heavy atom. The Morgan fingerprint density at radius 2 is 1.61 bits per heavy atom. The standard InChI is InChI=1S/C25H20N2O/c1-27(2)20-10-12-22-24(15-20)28-23-14-19(26)9-11-21(23)25(22)18-8-7-16-5-3-4-6-17(16)13-18/h3-15,26H,1-2H3. The number of rotatable bonds is 2. The molecule has 0 atom stereocenters. The summed E-state index contributed by atoms with van der Waals surface area (Å²) in [5.41, 5.74) is 5.23. The van der Waals surface area contributed by atoms with Crippen LogP contribution in [0.1, 0.15) is 0 Å². The minimum atomic E-state index is 0.448. The lowest BCUT2D eigenvalue weighted by molar-refractivity contribution is 0.619. The van der Waals surface area contributed by atoms with Gasteiger partial charge in [0.05, 0.1) is 5.36 Å². The monoisotopic (exact) mass is 364 g/mol. The second-order valence-corrected chi connectivity index (χ2v) is 7.32. The van der Waals surface area contributed by atoms with Crippen molar-refractivity contribution in [3.63, 3.8) is 0 Å². The van der Waals surface area contributed by atoms with Gasteiger partial charge in [-0.1, -0.05) is 36.4 Å². The van der Waals surface area contributed by atoms with Gasteiger partial charge in [-0.3, -0.25) is 0 Å². The predicted octanol–water partition coefficient (Wildman–Crippen LogP) is 5.90. The highest BCUT2D eigenvalue weighted by Crippen LogP contribution is 2.41. The lowest BCUT2D eigenvalue weighted by atomic mass is 9.92. The van der Waals surface area contributed by atoms with Crippen LogP contribution >= 0.6 is 0 Å². The average molecular weight is 364 g/mol. The first-order valence-corrected chi connectivity index (χ1v) is 9.32. The van der Waals surface area contributed by atoms with Crippen LogP contribution in [0.4, 0.5) is 5.69 Å². The Labute approximate surface area is 163 Å². The van der Waals surface area contributed by atoms with Crippen molar-refractivity contribution in [2.45, 2.75) is 0 Å². The largest absolute Gasteiger partial charge is 0.456 e. The van der Waals surface area contributed by atoms with Gasteiger partial charge in [-0.05, 0) is 46.7 Å². The van der Waals surface area contributed by atoms with Crippen LogP contribution in [-0.2, 0) is 0 Å². The fourth-order valence-electron chi connectivity index (χ4n) is 3.81. The Hall–Kier alpha value is -3.59. The zero-order chi connectivity index (χ0) is 19.3. The van der Waals surface area contributed by atoms with Crippen molar-refractivity contribution in [3.05, 3.63) is 84.2 Å². The molecule has 136 valence electrons. The van der Waals surface area contributed by atoms with E-state index in [1.165, 1.54) is 10.8 Å². The van der Waals surface area contributed by atoms with Crippen molar-refractivity contribution in [1.29, 1.82) is 5.41 Å². The number of anilines is 1. The fraction of sp³-hybridized carbons (Fsp3) is 0.0800. The highest BCUT2D eigenvalue weighted by atomic mass is 16.3. The number of nitrogens with one attached hydrogen (secondary N) is 1. The van der Waals surface area contributed by atoms with Gasteiger partial charge < -0.3 is 14.7 Å². The molecule has 0 spiro atoms. The van der Waals surface area contributed by atoms with Crippen LogP contribution in [0.15, 0.2) is 83.3 Å². The molecule has 3 aromatic rings. The first-order chi connectivity index (χ1) is 13.6. The highest BCUT2D eigenvalue weighted by Gasteiger charge is 2.17. The maximum absolute atomic E-state index is 8.01. The number of nitrogens with zero attached hydrogens (tertiary/aromatic N) is 1. The van der Waals surface area contributed by atoms with E-state index < -0.39 is 0 Å². The van der Waals surface area contributed by atoms with Crippen LogP contribution in [-0.4, -0.2) is 14.1 Å². The molecule has 0 saturated heterocycles. The van der Waals surface area contributed by atoms with Crippen molar-refractivity contribution in [3.8, 4) is 22.5 Å². The molecule has 1 heterocycles. The first kappa shape index (κ1) is 16.6. The van der Waals surface area contributed by atoms with E-state index in [-0.39, 0.29) is 0 Å². The molecule has 0 fully saturated rings. The minimum absolute atomic E-state index is 0.448. The summed E-state index contributed by atoms with van der Waals surface area (Å²) in [5.74, 6) is 0.735. The molecule has 5 rings (SSSR count). The third-order valence-electron chi connectivity index (χ3n) is 5.26. The molecule has 3 heteroatoms. The normalized spacial score (nSPS) is 11.4. The van der Waals surface area contributed by atoms with Gasteiger partial charge in [0, 0.05) is 48.4 Å². The molecular formula is C25H20N2O. The number of benzene rings is 4. The van der Waals surface area contributed by atoms with Crippen molar-refractivity contribution in [2.24, 2.45) is 0 Å². The third-order valence-corrected chi connectivity index (χ3v) is 5.26. The fourth-order valence-corrected chi connectivity index (χ4v) is 3.81. The van der Waals surface area contributed by atoms with Gasteiger partial charge in [0.15, 0.2) is 0 Å². The van der Waals surface area contributed by atoms with E-state index in [9.17, 15) is 0 Å². The molecule has 1 N–H and O–H groups in total. The molecule has 28 heavy (non-hydrogen) atoms. The summed E-state index contributed by atoms with van der Waals surface area (Å²) in [6, 6.07) is 26.9. The van der Waals surface area contributed by atoms with Crippen LogP contribution < -0.4 is 10.3 Å². The van der Waals surface area contributed by atoms with E-state index >= 15 is 0 Å². The molecule has 0 unspecified atom stereocenters. The molecule has 0 aromatic heterocycles. The Balaban J connectivity index is 1.89. The molecule has 1 aliphatic carbocycles. The predicted molar refractivity (Wildman–Crippen MR) is 116 cm³/mol. The van der Waals surface area contributed by atoms with Crippen LogP contribution in [0.25, 0.3) is 44.2 Å². The Morgan fingerprint density at radius 1 is 0.786 bits per heavy atom. The maximum atomic E-state index is 8.01. The lowest BCUT2D eigenvalue weighted by Gasteiger charge is -2.18. The van der Waals surface area contributed by atoms with Gasteiger partial charge in [0.25, 0.3) is 0 Å². The third kappa shape index (κ3) is 2.64. The van der Waals surface area contributed by atoms with Gasteiger partial charge in [-0.15, -0.1) is 0 Å². The number of hydrogen-bond acceptors (Lipinski definition) is 3. The molecule has 1 aliphatic heterocycles. The Bertz CT molecular complexity index is 1360. The summed E-state index contributed by atoms with van der Waals surface area (Å²) >= 11 is 0. The van der Waals surface area contributed by atoms with Crippen molar-refractivity contribution < 1.29 is 4.42 Å². The van der Waals surface area contributed by atoms with Gasteiger partial charge >= 0.3 is 0 Å². The van der Waals surface area contributed by atoms with Crippen molar-refractivity contribution in [1.82, 2.24) is 0 Å². The lowest BCUT2D eigenvalue weighted by Crippen LogP contribution is -2.08. The summed E-state index contributed by atoms with van der Waals surface area (Å²) in [5, 5.41) is 12.0. The first-order valence-electron chi connectivity index (χ1n) is 9.32. The molecule has 0 bridgehead atoms. The van der Waals surface area contributed by atoms with Crippen LogP contribution in [0.2, 0.25) is 0 Å². The van der Waals surface area contributed by atoms with Crippen LogP contribution in [0.5, 0.6) is 0 Å². The van der Waals surface area contributed by atoms with E-state index in [1.807, 2.05) is 26.2 Å². The second kappa shape index (κ2) is 6.24. The summed E-state index contributed by atoms with van der Waals surface area (Å²) in [7, 11) is 4.04. The zero-order valence-corrected chi connectivity index (χ0v) is 15.9. The van der Waals surface area contributed by atoms with E-state index in [2.05, 4.69) is 65.6 Å². The Kier molecular flexibility index (Phi) is 3.69. The summed E-state index contributed by atoms with van der Waals surface area (Å²) in [6.45, 7) is 0. The summed E-state index contributed by atoms with van der Waals surface area (Å²) < 4.78 is 6.22. The smallest absolute Gasteiger partial charge is 0.137 e. The van der Waals surface area contributed by atoms with Crippen molar-refractivity contribution in [2.75, 3.05) is 19.0 Å². The minimum Gasteiger partial charge on any atom is -0.456 e. The molecule has 0 saturated carbocycles. The average Bonchev–Trinajstić information content (AvgIpc) is 2.71. The van der Waals surface area contributed by atoms with Gasteiger partial charge in [0.1, 0.15) is 11.3 Å². The number of fused-ring (bicyclic) bond motifs is 3. The zero-order valence-electron chi connectivity index (χ0n) is 15.9. The molecule has 3 nitrogen and oxygen atoms in total. The summed E-state index contributed by atoms with van der Waals surface area (Å²) in [4.78, 5) is 2.07. The topological polar surface area (TPSA) is 40.2 Å². The number of hydrogen-bond donors (Lipinski definition) is 1. The van der Waals surface area contributed by atoms with E-state index in [0.717, 1.165) is 39.1 Å². The van der Waals surface area contributed by atoms with Crippen LogP contribution in [0, 0.1) is 5.41 Å². The SMILES string of the molecule is CN(C)c1ccc2c(-c3ccc4ccccc4c3)c3ccc(=N)cc-3oc2c1. The molecule has 0 radical (unpaired) electrons. The quantitative estimate of drug-likeness (QED) is 0.396. The van der Waals surface area contributed by atoms with Crippen LogP contribution in [0.3, 0.4) is 0 Å². The molecular weight excluding hydrogens is 344 g/mol. The molecule has 0 amide bonds.